The molecular formula is C42H76O. The van der Waals surface area contributed by atoms with Crippen molar-refractivity contribution in [1.29, 1.82) is 0 Å². The Hall–Kier alpha value is -1.37. The van der Waals surface area contributed by atoms with Crippen molar-refractivity contribution in [2.75, 3.05) is 0 Å². The fourth-order valence-corrected chi connectivity index (χ4v) is 5.86. The summed E-state index contributed by atoms with van der Waals surface area (Å²) in [4.78, 5) is 11.6. The van der Waals surface area contributed by atoms with Gasteiger partial charge in [0, 0.05) is 6.42 Å². The minimum Gasteiger partial charge on any atom is -0.300 e. The second-order valence-corrected chi connectivity index (χ2v) is 13.2. The third kappa shape index (κ3) is 36.7. The number of unbranched alkanes of at least 4 members (excludes halogenated alkanes) is 19. The molecule has 0 radical (unpaired) electrons. The molecule has 0 N–H and O–H groups in total. The first-order valence-electron chi connectivity index (χ1n) is 19.3. The van der Waals surface area contributed by atoms with Crippen LogP contribution in [-0.2, 0) is 4.79 Å². The molecule has 0 aromatic rings. The third-order valence-corrected chi connectivity index (χ3v) is 8.78. The normalized spacial score (nSPS) is 13.0. The van der Waals surface area contributed by atoms with E-state index in [-0.39, 0.29) is 0 Å². The molecule has 1 atom stereocenters. The van der Waals surface area contributed by atoms with Gasteiger partial charge >= 0.3 is 0 Å². The lowest BCUT2D eigenvalue weighted by Crippen LogP contribution is -2.04. The molecule has 43 heavy (non-hydrogen) atoms. The topological polar surface area (TPSA) is 17.1 Å². The van der Waals surface area contributed by atoms with Crippen molar-refractivity contribution in [1.82, 2.24) is 0 Å². The van der Waals surface area contributed by atoms with E-state index in [9.17, 15) is 4.79 Å². The molecule has 0 aromatic carbocycles. The first-order valence-corrected chi connectivity index (χ1v) is 19.3. The summed E-state index contributed by atoms with van der Waals surface area (Å²) in [5, 5.41) is 0. The largest absolute Gasteiger partial charge is 0.300 e. The van der Waals surface area contributed by atoms with Crippen LogP contribution in [0.3, 0.4) is 0 Å². The van der Waals surface area contributed by atoms with Crippen LogP contribution < -0.4 is 0 Å². The number of carbonyl (C=O) groups is 1. The molecule has 250 valence electrons. The van der Waals surface area contributed by atoms with Gasteiger partial charge in [-0.2, -0.15) is 0 Å². The Bertz CT molecular complexity index is 666. The molecule has 0 aliphatic carbocycles. The minimum atomic E-state index is 0.371. The summed E-state index contributed by atoms with van der Waals surface area (Å²) in [5.74, 6) is 1.14. The quantitative estimate of drug-likeness (QED) is 0.0533. The molecule has 0 saturated heterocycles. The number of Topliss-reactive ketones (excluding diaryl/α,β-unsaturated/α-hetero) is 1. The van der Waals surface area contributed by atoms with Gasteiger partial charge in [0.2, 0.25) is 0 Å². The van der Waals surface area contributed by atoms with Crippen molar-refractivity contribution in [3.8, 4) is 0 Å². The van der Waals surface area contributed by atoms with Crippen molar-refractivity contribution in [2.45, 2.75) is 207 Å². The zero-order valence-corrected chi connectivity index (χ0v) is 29.6. The van der Waals surface area contributed by atoms with Gasteiger partial charge in [-0.1, -0.05) is 172 Å². The number of rotatable bonds is 34. The van der Waals surface area contributed by atoms with Gasteiger partial charge < -0.3 is 4.79 Å². The summed E-state index contributed by atoms with van der Waals surface area (Å²) < 4.78 is 0. The van der Waals surface area contributed by atoms with Crippen molar-refractivity contribution in [2.24, 2.45) is 5.92 Å². The minimum absolute atomic E-state index is 0.371. The zero-order valence-electron chi connectivity index (χ0n) is 29.6. The van der Waals surface area contributed by atoms with E-state index in [1.165, 1.54) is 161 Å². The molecule has 0 rings (SSSR count). The highest BCUT2D eigenvalue weighted by Crippen LogP contribution is 2.24. The van der Waals surface area contributed by atoms with Crippen molar-refractivity contribution >= 4 is 5.78 Å². The zero-order chi connectivity index (χ0) is 31.3. The molecule has 0 aliphatic rings. The van der Waals surface area contributed by atoms with Crippen LogP contribution in [0.15, 0.2) is 48.6 Å². The Balaban J connectivity index is 3.69. The highest BCUT2D eigenvalue weighted by Gasteiger charge is 2.10. The Kier molecular flexibility index (Phi) is 35.6. The Morgan fingerprint density at radius 2 is 0.744 bits per heavy atom. The Morgan fingerprint density at radius 3 is 1.09 bits per heavy atom. The van der Waals surface area contributed by atoms with Crippen LogP contribution in [0.5, 0.6) is 0 Å². The molecule has 1 unspecified atom stereocenters. The van der Waals surface area contributed by atoms with Gasteiger partial charge in [0.15, 0.2) is 0 Å². The van der Waals surface area contributed by atoms with Crippen molar-refractivity contribution in [3.63, 3.8) is 0 Å². The number of allylic oxidation sites excluding steroid dienone is 8. The maximum Gasteiger partial charge on any atom is 0.129 e. The smallest absolute Gasteiger partial charge is 0.129 e. The van der Waals surface area contributed by atoms with E-state index >= 15 is 0 Å². The van der Waals surface area contributed by atoms with E-state index in [1.807, 2.05) is 0 Å². The highest BCUT2D eigenvalue weighted by molar-refractivity contribution is 5.75. The average Bonchev–Trinajstić information content (AvgIpc) is 3.00. The monoisotopic (exact) mass is 597 g/mol. The number of hydrogen-bond donors (Lipinski definition) is 0. The standard InChI is InChI=1S/C42H76O/c1-4-6-8-10-12-14-16-18-20-22-24-26-28-30-32-34-36-38-42(40-39-41(3)43)37-35-33-31-29-27-25-23-21-19-17-15-13-11-9-7-5-2/h12-15,18-21,42H,4-11,16-17,22-40H2,1-3H3. The molecule has 0 aromatic heterocycles. The first kappa shape index (κ1) is 41.6. The fourth-order valence-electron chi connectivity index (χ4n) is 5.86. The van der Waals surface area contributed by atoms with Gasteiger partial charge in [-0.15, -0.1) is 0 Å². The lowest BCUT2D eigenvalue weighted by atomic mass is 9.90. The van der Waals surface area contributed by atoms with Crippen LogP contribution in [0.1, 0.15) is 207 Å². The molecule has 0 aliphatic heterocycles. The number of carbonyl (C=O) groups excluding carboxylic acids is 1. The molecule has 0 bridgehead atoms. The van der Waals surface area contributed by atoms with E-state index in [1.54, 1.807) is 6.92 Å². The van der Waals surface area contributed by atoms with Crippen LogP contribution in [0.4, 0.5) is 0 Å². The van der Waals surface area contributed by atoms with Gasteiger partial charge in [-0.05, 0) is 83.5 Å². The van der Waals surface area contributed by atoms with E-state index in [0.717, 1.165) is 31.6 Å². The maximum atomic E-state index is 11.6. The van der Waals surface area contributed by atoms with Crippen LogP contribution in [0.25, 0.3) is 0 Å². The van der Waals surface area contributed by atoms with Gasteiger partial charge in [0.25, 0.3) is 0 Å². The molecular weight excluding hydrogens is 520 g/mol. The van der Waals surface area contributed by atoms with Crippen LogP contribution >= 0.6 is 0 Å². The first-order chi connectivity index (χ1) is 21.2. The van der Waals surface area contributed by atoms with E-state index in [4.69, 9.17) is 0 Å². The molecule has 0 fully saturated rings. The van der Waals surface area contributed by atoms with Gasteiger partial charge in [0.1, 0.15) is 5.78 Å². The van der Waals surface area contributed by atoms with Crippen LogP contribution in [0.2, 0.25) is 0 Å². The SMILES string of the molecule is CCCCCC=CCC=CCCCCCCCCCC(CCCCCCCCC=CCC=CCCCCC)CCC(C)=O. The predicted molar refractivity (Wildman–Crippen MR) is 196 cm³/mol. The highest BCUT2D eigenvalue weighted by atomic mass is 16.1. The Morgan fingerprint density at radius 1 is 0.419 bits per heavy atom. The second kappa shape index (κ2) is 36.8. The summed E-state index contributed by atoms with van der Waals surface area (Å²) >= 11 is 0. The maximum absolute atomic E-state index is 11.6. The molecule has 1 heteroatoms. The molecule has 1 nitrogen and oxygen atoms in total. The van der Waals surface area contributed by atoms with Crippen molar-refractivity contribution < 1.29 is 4.79 Å². The fraction of sp³-hybridized carbons (Fsp3) is 0.786. The van der Waals surface area contributed by atoms with Gasteiger partial charge in [0.05, 0.1) is 0 Å². The molecule has 0 spiro atoms. The van der Waals surface area contributed by atoms with Crippen molar-refractivity contribution in [3.05, 3.63) is 48.6 Å². The summed E-state index contributed by atoms with van der Waals surface area (Å²) in [6.07, 6.45) is 56.5. The number of hydrogen-bond acceptors (Lipinski definition) is 1. The van der Waals surface area contributed by atoms with Crippen LogP contribution in [0, 0.1) is 5.92 Å². The van der Waals surface area contributed by atoms with E-state index in [0.29, 0.717) is 5.78 Å². The Labute approximate surface area is 271 Å². The summed E-state index contributed by atoms with van der Waals surface area (Å²) in [5.41, 5.74) is 0. The average molecular weight is 597 g/mol. The molecule has 0 amide bonds. The van der Waals surface area contributed by atoms with E-state index < -0.39 is 0 Å². The summed E-state index contributed by atoms with van der Waals surface area (Å²) in [7, 11) is 0. The van der Waals surface area contributed by atoms with Gasteiger partial charge in [-0.25, -0.2) is 0 Å². The van der Waals surface area contributed by atoms with E-state index in [2.05, 4.69) is 62.5 Å². The molecule has 0 heterocycles. The lowest BCUT2D eigenvalue weighted by molar-refractivity contribution is -0.117. The lowest BCUT2D eigenvalue weighted by Gasteiger charge is -2.16. The predicted octanol–water partition coefficient (Wildman–Crippen LogP) is 14.8. The van der Waals surface area contributed by atoms with Crippen LogP contribution in [-0.4, -0.2) is 5.78 Å². The summed E-state index contributed by atoms with van der Waals surface area (Å²) in [6.45, 7) is 6.30. The van der Waals surface area contributed by atoms with Gasteiger partial charge in [-0.3, -0.25) is 0 Å². The third-order valence-electron chi connectivity index (χ3n) is 8.78. The second-order valence-electron chi connectivity index (χ2n) is 13.2. The molecule has 0 saturated carbocycles. The summed E-state index contributed by atoms with van der Waals surface area (Å²) in [6, 6.07) is 0. The number of ketones is 1.